The number of pyridine rings is 1. The van der Waals surface area contributed by atoms with E-state index in [9.17, 15) is 0 Å². The van der Waals surface area contributed by atoms with Crippen LogP contribution in [0.1, 0.15) is 37.9 Å². The normalized spacial score (nSPS) is 11.4. The van der Waals surface area contributed by atoms with Crippen LogP contribution in [-0.2, 0) is 20.1 Å². The molecule has 0 aliphatic rings. The summed E-state index contributed by atoms with van der Waals surface area (Å²) < 4.78 is 7.62. The average Bonchev–Trinajstić information content (AvgIpc) is 3.03. The highest BCUT2D eigenvalue weighted by atomic mass is 16.5. The molecule has 0 aliphatic heterocycles. The van der Waals surface area contributed by atoms with Gasteiger partial charge in [-0.1, -0.05) is 19.4 Å². The molecule has 7 heteroatoms. The molecular formula is C18H28N6O. The summed E-state index contributed by atoms with van der Waals surface area (Å²) in [5.41, 5.74) is 2.08. The standard InChI is InChI=1S/C18H28N6O/c1-4-6-12-25-17-15(8-7-10-20-17)13-21-18(19-5-2)22-14-16-9-11-23-24(16)3/h7-11H,4-6,12-14H2,1-3H3,(H2,19,21,22). The molecule has 2 aromatic heterocycles. The van der Waals surface area contributed by atoms with Gasteiger partial charge < -0.3 is 15.4 Å². The smallest absolute Gasteiger partial charge is 0.218 e. The van der Waals surface area contributed by atoms with Crippen molar-refractivity contribution in [3.8, 4) is 5.88 Å². The first-order valence-corrected chi connectivity index (χ1v) is 8.80. The van der Waals surface area contributed by atoms with Gasteiger partial charge in [0.25, 0.3) is 0 Å². The monoisotopic (exact) mass is 344 g/mol. The van der Waals surface area contributed by atoms with Crippen LogP contribution < -0.4 is 15.4 Å². The van der Waals surface area contributed by atoms with Crippen LogP contribution in [0.25, 0.3) is 0 Å². The minimum atomic E-state index is 0.510. The van der Waals surface area contributed by atoms with Crippen LogP contribution in [0, 0.1) is 0 Å². The zero-order valence-corrected chi connectivity index (χ0v) is 15.3. The van der Waals surface area contributed by atoms with E-state index in [4.69, 9.17) is 4.74 Å². The quantitative estimate of drug-likeness (QED) is 0.414. The molecule has 2 N–H and O–H groups in total. The SMILES string of the molecule is CCCCOc1ncccc1CN=C(NCC)NCc1ccnn1C. The van der Waals surface area contributed by atoms with Gasteiger partial charge in [0.1, 0.15) is 0 Å². The summed E-state index contributed by atoms with van der Waals surface area (Å²) in [7, 11) is 1.93. The van der Waals surface area contributed by atoms with Crippen LogP contribution in [0.2, 0.25) is 0 Å². The lowest BCUT2D eigenvalue weighted by Crippen LogP contribution is -2.37. The summed E-state index contributed by atoms with van der Waals surface area (Å²) in [6.07, 6.45) is 5.66. The summed E-state index contributed by atoms with van der Waals surface area (Å²) in [4.78, 5) is 8.98. The molecule has 2 heterocycles. The second-order valence-corrected chi connectivity index (χ2v) is 5.66. The summed E-state index contributed by atoms with van der Waals surface area (Å²) in [5, 5.41) is 10.8. The number of ether oxygens (including phenoxy) is 1. The lowest BCUT2D eigenvalue weighted by Gasteiger charge is -2.12. The maximum absolute atomic E-state index is 5.77. The third-order valence-corrected chi connectivity index (χ3v) is 3.70. The second-order valence-electron chi connectivity index (χ2n) is 5.66. The molecule has 0 unspecified atom stereocenters. The summed E-state index contributed by atoms with van der Waals surface area (Å²) in [6.45, 7) is 6.84. The molecule has 0 bridgehead atoms. The van der Waals surface area contributed by atoms with Gasteiger partial charge in [-0.3, -0.25) is 4.68 Å². The fourth-order valence-electron chi connectivity index (χ4n) is 2.24. The molecule has 0 fully saturated rings. The van der Waals surface area contributed by atoms with Gasteiger partial charge >= 0.3 is 0 Å². The number of rotatable bonds is 9. The number of nitrogens with zero attached hydrogens (tertiary/aromatic N) is 4. The molecule has 136 valence electrons. The predicted molar refractivity (Wildman–Crippen MR) is 99.5 cm³/mol. The number of hydrogen-bond donors (Lipinski definition) is 2. The Morgan fingerprint density at radius 2 is 2.12 bits per heavy atom. The number of aromatic nitrogens is 3. The van der Waals surface area contributed by atoms with Gasteiger partial charge in [0.2, 0.25) is 5.88 Å². The average molecular weight is 344 g/mol. The van der Waals surface area contributed by atoms with E-state index < -0.39 is 0 Å². The number of guanidine groups is 1. The van der Waals surface area contributed by atoms with Gasteiger partial charge in [-0.15, -0.1) is 0 Å². The van der Waals surface area contributed by atoms with Crippen molar-refractivity contribution in [1.29, 1.82) is 0 Å². The van der Waals surface area contributed by atoms with Crippen LogP contribution >= 0.6 is 0 Å². The van der Waals surface area contributed by atoms with E-state index in [1.54, 1.807) is 12.4 Å². The minimum Gasteiger partial charge on any atom is -0.477 e. The van der Waals surface area contributed by atoms with Crippen LogP contribution in [0.15, 0.2) is 35.6 Å². The molecule has 0 spiro atoms. The molecule has 2 aromatic rings. The van der Waals surface area contributed by atoms with Gasteiger partial charge in [-0.2, -0.15) is 5.10 Å². The topological polar surface area (TPSA) is 76.4 Å². The van der Waals surface area contributed by atoms with Gasteiger partial charge in [0.05, 0.1) is 25.4 Å². The Kier molecular flexibility index (Phi) is 7.75. The predicted octanol–water partition coefficient (Wildman–Crippen LogP) is 2.25. The zero-order chi connectivity index (χ0) is 17.9. The van der Waals surface area contributed by atoms with Crippen molar-refractivity contribution in [2.24, 2.45) is 12.0 Å². The molecule has 2 rings (SSSR count). The van der Waals surface area contributed by atoms with Crippen molar-refractivity contribution in [2.45, 2.75) is 39.8 Å². The highest BCUT2D eigenvalue weighted by Crippen LogP contribution is 2.15. The Hall–Kier alpha value is -2.57. The van der Waals surface area contributed by atoms with Crippen LogP contribution in [0.4, 0.5) is 0 Å². The molecule has 0 saturated carbocycles. The minimum absolute atomic E-state index is 0.510. The largest absolute Gasteiger partial charge is 0.477 e. The molecule has 0 aliphatic carbocycles. The van der Waals surface area contributed by atoms with E-state index in [1.807, 2.05) is 36.9 Å². The Balaban J connectivity index is 1.99. The Labute approximate surface area is 149 Å². The van der Waals surface area contributed by atoms with Crippen LogP contribution in [0.5, 0.6) is 5.88 Å². The van der Waals surface area contributed by atoms with Crippen molar-refractivity contribution in [2.75, 3.05) is 13.2 Å². The van der Waals surface area contributed by atoms with E-state index in [0.29, 0.717) is 25.6 Å². The van der Waals surface area contributed by atoms with Crippen molar-refractivity contribution in [3.05, 3.63) is 41.9 Å². The number of unbranched alkanes of at least 4 members (excludes halogenated alkanes) is 1. The lowest BCUT2D eigenvalue weighted by atomic mass is 10.2. The van der Waals surface area contributed by atoms with E-state index in [-0.39, 0.29) is 0 Å². The Bertz CT molecular complexity index is 667. The molecule has 0 aromatic carbocycles. The number of aryl methyl sites for hydroxylation is 1. The molecule has 25 heavy (non-hydrogen) atoms. The zero-order valence-electron chi connectivity index (χ0n) is 15.3. The van der Waals surface area contributed by atoms with Gasteiger partial charge in [-0.05, 0) is 25.5 Å². The second kappa shape index (κ2) is 10.3. The highest BCUT2D eigenvalue weighted by Gasteiger charge is 2.06. The van der Waals surface area contributed by atoms with Crippen LogP contribution in [0.3, 0.4) is 0 Å². The maximum atomic E-state index is 5.77. The fraction of sp³-hybridized carbons (Fsp3) is 0.500. The first-order valence-electron chi connectivity index (χ1n) is 8.80. The van der Waals surface area contributed by atoms with Gasteiger partial charge in [0, 0.05) is 31.5 Å². The first-order chi connectivity index (χ1) is 12.2. The van der Waals surface area contributed by atoms with E-state index >= 15 is 0 Å². The van der Waals surface area contributed by atoms with Crippen molar-refractivity contribution in [1.82, 2.24) is 25.4 Å². The van der Waals surface area contributed by atoms with Gasteiger partial charge in [0.15, 0.2) is 5.96 Å². The Morgan fingerprint density at radius 1 is 1.24 bits per heavy atom. The third-order valence-electron chi connectivity index (χ3n) is 3.70. The van der Waals surface area contributed by atoms with Crippen molar-refractivity contribution >= 4 is 5.96 Å². The summed E-state index contributed by atoms with van der Waals surface area (Å²) in [5.74, 6) is 1.43. The fourth-order valence-corrected chi connectivity index (χ4v) is 2.24. The first kappa shape index (κ1) is 18.8. The molecule has 7 nitrogen and oxygen atoms in total. The molecule has 0 atom stereocenters. The highest BCUT2D eigenvalue weighted by molar-refractivity contribution is 5.79. The maximum Gasteiger partial charge on any atom is 0.218 e. The van der Waals surface area contributed by atoms with Gasteiger partial charge in [-0.25, -0.2) is 9.98 Å². The molecule has 0 saturated heterocycles. The molecule has 0 amide bonds. The Morgan fingerprint density at radius 3 is 2.84 bits per heavy atom. The third kappa shape index (κ3) is 6.10. The van der Waals surface area contributed by atoms with Crippen molar-refractivity contribution < 1.29 is 4.74 Å². The van der Waals surface area contributed by atoms with E-state index in [0.717, 1.165) is 36.6 Å². The number of hydrogen-bond acceptors (Lipinski definition) is 4. The van der Waals surface area contributed by atoms with Crippen LogP contribution in [-0.4, -0.2) is 33.9 Å². The summed E-state index contributed by atoms with van der Waals surface area (Å²) >= 11 is 0. The molecular weight excluding hydrogens is 316 g/mol. The van der Waals surface area contributed by atoms with Crippen molar-refractivity contribution in [3.63, 3.8) is 0 Å². The lowest BCUT2D eigenvalue weighted by molar-refractivity contribution is 0.294. The summed E-state index contributed by atoms with van der Waals surface area (Å²) in [6, 6.07) is 5.90. The number of nitrogens with one attached hydrogen (secondary N) is 2. The van der Waals surface area contributed by atoms with E-state index in [1.165, 1.54) is 0 Å². The molecule has 0 radical (unpaired) electrons. The number of aliphatic imine (C=N–C) groups is 1. The van der Waals surface area contributed by atoms with E-state index in [2.05, 4.69) is 32.6 Å².